The van der Waals surface area contributed by atoms with Crippen LogP contribution in [0.15, 0.2) is 24.3 Å². The molecule has 0 aliphatic heterocycles. The van der Waals surface area contributed by atoms with Gasteiger partial charge >= 0.3 is 0 Å². The maximum atomic E-state index is 12.1. The molecule has 0 saturated carbocycles. The number of hydrogen-bond acceptors (Lipinski definition) is 3. The summed E-state index contributed by atoms with van der Waals surface area (Å²) in [5.41, 5.74) is 6.84. The van der Waals surface area contributed by atoms with Crippen LogP contribution >= 0.6 is 0 Å². The van der Waals surface area contributed by atoms with Gasteiger partial charge in [-0.2, -0.15) is 0 Å². The van der Waals surface area contributed by atoms with Gasteiger partial charge in [-0.05, 0) is 39.0 Å². The van der Waals surface area contributed by atoms with Crippen molar-refractivity contribution in [1.29, 1.82) is 0 Å². The SMILES string of the molecule is CCN(c1cccc(N)c1)S(=O)(=O)C(C)C. The minimum absolute atomic E-state index is 0.407. The average molecular weight is 242 g/mol. The molecule has 0 aliphatic carbocycles. The number of nitrogen functional groups attached to an aromatic ring is 1. The van der Waals surface area contributed by atoms with Crippen molar-refractivity contribution in [2.75, 3.05) is 16.6 Å². The van der Waals surface area contributed by atoms with Gasteiger partial charge in [0.1, 0.15) is 0 Å². The summed E-state index contributed by atoms with van der Waals surface area (Å²) in [5.74, 6) is 0. The Bertz CT molecular complexity index is 455. The summed E-state index contributed by atoms with van der Waals surface area (Å²) >= 11 is 0. The predicted octanol–water partition coefficient (Wildman–Crippen LogP) is 1.83. The Kier molecular flexibility index (Phi) is 3.80. The van der Waals surface area contributed by atoms with E-state index in [4.69, 9.17) is 5.73 Å². The Morgan fingerprint density at radius 3 is 2.44 bits per heavy atom. The van der Waals surface area contributed by atoms with E-state index >= 15 is 0 Å². The molecule has 0 spiro atoms. The van der Waals surface area contributed by atoms with Crippen molar-refractivity contribution < 1.29 is 8.42 Å². The van der Waals surface area contributed by atoms with Gasteiger partial charge in [0.2, 0.25) is 10.0 Å². The van der Waals surface area contributed by atoms with E-state index < -0.39 is 15.3 Å². The standard InChI is InChI=1S/C11H18N2O2S/c1-4-13(16(14,15)9(2)3)11-7-5-6-10(12)8-11/h5-9H,4,12H2,1-3H3. The second-order valence-electron chi connectivity index (χ2n) is 3.85. The molecule has 0 aromatic heterocycles. The molecule has 0 radical (unpaired) electrons. The number of benzene rings is 1. The van der Waals surface area contributed by atoms with Crippen LogP contribution in [0.4, 0.5) is 11.4 Å². The molecule has 0 bridgehead atoms. The van der Waals surface area contributed by atoms with Crippen LogP contribution < -0.4 is 10.0 Å². The van der Waals surface area contributed by atoms with Crippen molar-refractivity contribution in [1.82, 2.24) is 0 Å². The monoisotopic (exact) mass is 242 g/mol. The third kappa shape index (κ3) is 2.47. The molecule has 1 aromatic rings. The zero-order chi connectivity index (χ0) is 12.3. The van der Waals surface area contributed by atoms with Crippen molar-refractivity contribution in [3.8, 4) is 0 Å². The molecule has 90 valence electrons. The third-order valence-corrected chi connectivity index (χ3v) is 4.62. The molecule has 5 heteroatoms. The minimum Gasteiger partial charge on any atom is -0.399 e. The van der Waals surface area contributed by atoms with Crippen LogP contribution in [0.25, 0.3) is 0 Å². The summed E-state index contributed by atoms with van der Waals surface area (Å²) < 4.78 is 25.5. The molecule has 0 atom stereocenters. The summed E-state index contributed by atoms with van der Waals surface area (Å²) in [6.07, 6.45) is 0. The van der Waals surface area contributed by atoms with Gasteiger partial charge in [-0.1, -0.05) is 6.07 Å². The summed E-state index contributed by atoms with van der Waals surface area (Å²) in [7, 11) is -3.28. The van der Waals surface area contributed by atoms with Crippen molar-refractivity contribution >= 4 is 21.4 Å². The number of anilines is 2. The lowest BCUT2D eigenvalue weighted by atomic mass is 10.3. The predicted molar refractivity (Wildman–Crippen MR) is 67.9 cm³/mol. The highest BCUT2D eigenvalue weighted by Crippen LogP contribution is 2.22. The second kappa shape index (κ2) is 4.74. The van der Waals surface area contributed by atoms with Crippen molar-refractivity contribution in [3.63, 3.8) is 0 Å². The fourth-order valence-electron chi connectivity index (χ4n) is 1.44. The molecule has 0 amide bonds. The number of sulfonamides is 1. The van der Waals surface area contributed by atoms with E-state index in [0.717, 1.165) is 0 Å². The second-order valence-corrected chi connectivity index (χ2v) is 6.27. The largest absolute Gasteiger partial charge is 0.399 e. The smallest absolute Gasteiger partial charge is 0.237 e. The van der Waals surface area contributed by atoms with Gasteiger partial charge in [-0.25, -0.2) is 8.42 Å². The first kappa shape index (κ1) is 12.8. The van der Waals surface area contributed by atoms with Gasteiger partial charge < -0.3 is 5.73 Å². The van der Waals surface area contributed by atoms with Crippen molar-refractivity contribution in [3.05, 3.63) is 24.3 Å². The zero-order valence-electron chi connectivity index (χ0n) is 9.84. The molecular formula is C11H18N2O2S. The van der Waals surface area contributed by atoms with Gasteiger partial charge in [0, 0.05) is 12.2 Å². The molecule has 0 saturated heterocycles. The lowest BCUT2D eigenvalue weighted by Crippen LogP contribution is -2.36. The van der Waals surface area contributed by atoms with Crippen LogP contribution in [-0.4, -0.2) is 20.2 Å². The topological polar surface area (TPSA) is 63.4 Å². The molecule has 1 rings (SSSR count). The van der Waals surface area contributed by atoms with Crippen LogP contribution in [0, 0.1) is 0 Å². The number of hydrogen-bond donors (Lipinski definition) is 1. The lowest BCUT2D eigenvalue weighted by Gasteiger charge is -2.25. The Hall–Kier alpha value is -1.23. The van der Waals surface area contributed by atoms with Crippen molar-refractivity contribution in [2.24, 2.45) is 0 Å². The average Bonchev–Trinajstić information content (AvgIpc) is 2.18. The van der Waals surface area contributed by atoms with Crippen molar-refractivity contribution in [2.45, 2.75) is 26.0 Å². The molecular weight excluding hydrogens is 224 g/mol. The Morgan fingerprint density at radius 1 is 1.38 bits per heavy atom. The van der Waals surface area contributed by atoms with E-state index in [1.165, 1.54) is 4.31 Å². The highest BCUT2D eigenvalue weighted by molar-refractivity contribution is 7.93. The maximum absolute atomic E-state index is 12.1. The van der Waals surface area contributed by atoms with Crippen LogP contribution in [0.2, 0.25) is 0 Å². The van der Waals surface area contributed by atoms with Gasteiger partial charge in [0.25, 0.3) is 0 Å². The van der Waals surface area contributed by atoms with E-state index in [0.29, 0.717) is 17.9 Å². The van der Waals surface area contributed by atoms with Gasteiger partial charge in [-0.3, -0.25) is 4.31 Å². The minimum atomic E-state index is -3.28. The molecule has 0 aliphatic rings. The third-order valence-electron chi connectivity index (χ3n) is 2.35. The Labute approximate surface area is 97.1 Å². The van der Waals surface area contributed by atoms with Crippen LogP contribution in [0.5, 0.6) is 0 Å². The molecule has 2 N–H and O–H groups in total. The summed E-state index contributed by atoms with van der Waals surface area (Å²) in [6, 6.07) is 6.91. The Balaban J connectivity index is 3.19. The van der Waals surface area contributed by atoms with Crippen LogP contribution in [-0.2, 0) is 10.0 Å². The first-order valence-electron chi connectivity index (χ1n) is 5.26. The lowest BCUT2D eigenvalue weighted by molar-refractivity contribution is 0.583. The van der Waals surface area contributed by atoms with Gasteiger partial charge in [-0.15, -0.1) is 0 Å². The summed E-state index contributed by atoms with van der Waals surface area (Å²) in [6.45, 7) is 5.56. The number of rotatable bonds is 4. The zero-order valence-corrected chi connectivity index (χ0v) is 10.7. The highest BCUT2D eigenvalue weighted by atomic mass is 32.2. The molecule has 16 heavy (non-hydrogen) atoms. The maximum Gasteiger partial charge on any atom is 0.237 e. The van der Waals surface area contributed by atoms with Crippen LogP contribution in [0.3, 0.4) is 0 Å². The molecule has 1 aromatic carbocycles. The summed E-state index contributed by atoms with van der Waals surface area (Å²) in [4.78, 5) is 0. The van der Waals surface area contributed by atoms with E-state index in [1.54, 1.807) is 38.1 Å². The van der Waals surface area contributed by atoms with E-state index in [2.05, 4.69) is 0 Å². The first-order valence-corrected chi connectivity index (χ1v) is 6.77. The number of nitrogens with two attached hydrogens (primary N) is 1. The first-order chi connectivity index (χ1) is 7.39. The quantitative estimate of drug-likeness (QED) is 0.819. The van der Waals surface area contributed by atoms with E-state index in [-0.39, 0.29) is 0 Å². The number of nitrogens with zero attached hydrogens (tertiary/aromatic N) is 1. The molecule has 0 unspecified atom stereocenters. The van der Waals surface area contributed by atoms with E-state index in [1.807, 2.05) is 6.92 Å². The molecule has 4 nitrogen and oxygen atoms in total. The fraction of sp³-hybridized carbons (Fsp3) is 0.455. The Morgan fingerprint density at radius 2 is 2.00 bits per heavy atom. The van der Waals surface area contributed by atoms with E-state index in [9.17, 15) is 8.42 Å². The molecule has 0 heterocycles. The summed E-state index contributed by atoms with van der Waals surface area (Å²) in [5, 5.41) is -0.436. The molecule has 0 fully saturated rings. The van der Waals surface area contributed by atoms with Crippen LogP contribution in [0.1, 0.15) is 20.8 Å². The highest BCUT2D eigenvalue weighted by Gasteiger charge is 2.24. The van der Waals surface area contributed by atoms with Gasteiger partial charge in [0.05, 0.1) is 10.9 Å². The normalized spacial score (nSPS) is 11.8. The van der Waals surface area contributed by atoms with Gasteiger partial charge in [0.15, 0.2) is 0 Å². The fourth-order valence-corrected chi connectivity index (χ4v) is 2.72.